The minimum Gasteiger partial charge on any atom is -0.369 e. The van der Waals surface area contributed by atoms with E-state index in [4.69, 9.17) is 11.0 Å². The molecule has 0 radical (unpaired) electrons. The SMILES string of the molecule is N#Cc1cccc(N2CCC(C(N)=O)CC2)n1. The van der Waals surface area contributed by atoms with Crippen molar-refractivity contribution in [1.82, 2.24) is 4.98 Å². The molecular weight excluding hydrogens is 216 g/mol. The van der Waals surface area contributed by atoms with Crippen molar-refractivity contribution in [3.05, 3.63) is 23.9 Å². The second kappa shape index (κ2) is 4.83. The summed E-state index contributed by atoms with van der Waals surface area (Å²) in [6.45, 7) is 1.52. The van der Waals surface area contributed by atoms with Crippen LogP contribution in [-0.4, -0.2) is 24.0 Å². The summed E-state index contributed by atoms with van der Waals surface area (Å²) in [6, 6.07) is 7.40. The summed E-state index contributed by atoms with van der Waals surface area (Å²) in [7, 11) is 0. The Hall–Kier alpha value is -2.09. The van der Waals surface area contributed by atoms with Crippen molar-refractivity contribution in [2.45, 2.75) is 12.8 Å². The van der Waals surface area contributed by atoms with Crippen LogP contribution in [0.3, 0.4) is 0 Å². The zero-order valence-electron chi connectivity index (χ0n) is 9.47. The Morgan fingerprint density at radius 1 is 1.47 bits per heavy atom. The third-order valence-corrected chi connectivity index (χ3v) is 3.07. The molecular formula is C12H14N4O. The Morgan fingerprint density at radius 2 is 2.18 bits per heavy atom. The Kier molecular flexibility index (Phi) is 3.24. The van der Waals surface area contributed by atoms with E-state index in [-0.39, 0.29) is 11.8 Å². The van der Waals surface area contributed by atoms with Crippen LogP contribution in [0.5, 0.6) is 0 Å². The number of carbonyl (C=O) groups is 1. The average Bonchev–Trinajstić information content (AvgIpc) is 2.39. The number of nitrogens with two attached hydrogens (primary N) is 1. The highest BCUT2D eigenvalue weighted by Gasteiger charge is 2.23. The molecule has 0 saturated carbocycles. The van der Waals surface area contributed by atoms with E-state index in [0.29, 0.717) is 5.69 Å². The molecule has 1 aromatic rings. The third-order valence-electron chi connectivity index (χ3n) is 3.07. The molecule has 1 fully saturated rings. The topological polar surface area (TPSA) is 83.0 Å². The molecule has 17 heavy (non-hydrogen) atoms. The molecule has 1 aromatic heterocycles. The molecule has 88 valence electrons. The molecule has 2 rings (SSSR count). The zero-order valence-corrected chi connectivity index (χ0v) is 9.47. The van der Waals surface area contributed by atoms with Crippen molar-refractivity contribution < 1.29 is 4.79 Å². The monoisotopic (exact) mass is 230 g/mol. The minimum absolute atomic E-state index is 0.0228. The van der Waals surface area contributed by atoms with Gasteiger partial charge in [-0.3, -0.25) is 4.79 Å². The van der Waals surface area contributed by atoms with Gasteiger partial charge in [-0.25, -0.2) is 4.98 Å². The number of amides is 1. The van der Waals surface area contributed by atoms with Crippen LogP contribution in [-0.2, 0) is 4.79 Å². The Morgan fingerprint density at radius 3 is 2.76 bits per heavy atom. The maximum Gasteiger partial charge on any atom is 0.220 e. The molecule has 5 nitrogen and oxygen atoms in total. The zero-order chi connectivity index (χ0) is 12.3. The normalized spacial score (nSPS) is 16.5. The van der Waals surface area contributed by atoms with Crippen molar-refractivity contribution >= 4 is 11.7 Å². The highest BCUT2D eigenvalue weighted by atomic mass is 16.1. The molecule has 5 heteroatoms. The highest BCUT2D eigenvalue weighted by molar-refractivity contribution is 5.76. The van der Waals surface area contributed by atoms with Gasteiger partial charge in [0.1, 0.15) is 17.6 Å². The fraction of sp³-hybridized carbons (Fsp3) is 0.417. The lowest BCUT2D eigenvalue weighted by molar-refractivity contribution is -0.122. The van der Waals surface area contributed by atoms with E-state index in [2.05, 4.69) is 9.88 Å². The van der Waals surface area contributed by atoms with Crippen molar-refractivity contribution in [3.63, 3.8) is 0 Å². The Labute approximate surface area is 99.9 Å². The summed E-state index contributed by atoms with van der Waals surface area (Å²) >= 11 is 0. The van der Waals surface area contributed by atoms with E-state index in [0.717, 1.165) is 31.7 Å². The van der Waals surface area contributed by atoms with Gasteiger partial charge in [-0.15, -0.1) is 0 Å². The molecule has 0 aromatic carbocycles. The number of hydrogen-bond donors (Lipinski definition) is 1. The number of aromatic nitrogens is 1. The van der Waals surface area contributed by atoms with Crippen LogP contribution >= 0.6 is 0 Å². The molecule has 0 aliphatic carbocycles. The summed E-state index contributed by atoms with van der Waals surface area (Å²) in [6.07, 6.45) is 1.52. The lowest BCUT2D eigenvalue weighted by Gasteiger charge is -2.31. The molecule has 0 spiro atoms. The Bertz CT molecular complexity index is 458. The first-order chi connectivity index (χ1) is 8.20. The van der Waals surface area contributed by atoms with Gasteiger partial charge in [-0.05, 0) is 25.0 Å². The number of rotatable bonds is 2. The predicted octanol–water partition coefficient (Wildman–Crippen LogP) is 0.655. The quantitative estimate of drug-likeness (QED) is 0.808. The number of primary amides is 1. The maximum absolute atomic E-state index is 11.0. The lowest BCUT2D eigenvalue weighted by Crippen LogP contribution is -2.38. The summed E-state index contributed by atoms with van der Waals surface area (Å²) in [5.74, 6) is 0.556. The number of anilines is 1. The fourth-order valence-corrected chi connectivity index (χ4v) is 2.05. The second-order valence-corrected chi connectivity index (χ2v) is 4.16. The smallest absolute Gasteiger partial charge is 0.220 e. The third kappa shape index (κ3) is 2.53. The van der Waals surface area contributed by atoms with Gasteiger partial charge in [0, 0.05) is 19.0 Å². The van der Waals surface area contributed by atoms with Crippen molar-refractivity contribution in [1.29, 1.82) is 5.26 Å². The van der Waals surface area contributed by atoms with Crippen LogP contribution in [0, 0.1) is 17.2 Å². The number of carbonyl (C=O) groups excluding carboxylic acids is 1. The molecule has 0 bridgehead atoms. The molecule has 1 amide bonds. The number of pyridine rings is 1. The van der Waals surface area contributed by atoms with E-state index >= 15 is 0 Å². The van der Waals surface area contributed by atoms with Gasteiger partial charge >= 0.3 is 0 Å². The first-order valence-electron chi connectivity index (χ1n) is 5.62. The average molecular weight is 230 g/mol. The number of hydrogen-bond acceptors (Lipinski definition) is 4. The van der Waals surface area contributed by atoms with Gasteiger partial charge in [0.25, 0.3) is 0 Å². The van der Waals surface area contributed by atoms with Gasteiger partial charge in [-0.2, -0.15) is 5.26 Å². The molecule has 2 N–H and O–H groups in total. The summed E-state index contributed by atoms with van der Waals surface area (Å²) in [5, 5.41) is 8.78. The number of nitrogens with zero attached hydrogens (tertiary/aromatic N) is 3. The highest BCUT2D eigenvalue weighted by Crippen LogP contribution is 2.21. The second-order valence-electron chi connectivity index (χ2n) is 4.16. The summed E-state index contributed by atoms with van der Waals surface area (Å²) < 4.78 is 0. The van der Waals surface area contributed by atoms with Gasteiger partial charge in [-0.1, -0.05) is 6.07 Å². The minimum atomic E-state index is -0.219. The molecule has 0 unspecified atom stereocenters. The standard InChI is InChI=1S/C12H14N4O/c13-8-10-2-1-3-11(15-10)16-6-4-9(5-7-16)12(14)17/h1-3,9H,4-7H2,(H2,14,17). The van der Waals surface area contributed by atoms with E-state index in [1.54, 1.807) is 6.07 Å². The maximum atomic E-state index is 11.0. The van der Waals surface area contributed by atoms with Crippen LogP contribution in [0.2, 0.25) is 0 Å². The van der Waals surface area contributed by atoms with E-state index < -0.39 is 0 Å². The van der Waals surface area contributed by atoms with Crippen LogP contribution in [0.4, 0.5) is 5.82 Å². The van der Waals surface area contributed by atoms with Crippen molar-refractivity contribution in [2.75, 3.05) is 18.0 Å². The summed E-state index contributed by atoms with van der Waals surface area (Å²) in [5.41, 5.74) is 5.70. The fourth-order valence-electron chi connectivity index (χ4n) is 2.05. The van der Waals surface area contributed by atoms with Gasteiger partial charge in [0.05, 0.1) is 0 Å². The number of piperidine rings is 1. The van der Waals surface area contributed by atoms with Crippen molar-refractivity contribution in [3.8, 4) is 6.07 Å². The molecule has 0 atom stereocenters. The molecule has 1 aliphatic heterocycles. The van der Waals surface area contributed by atoms with E-state index in [1.165, 1.54) is 0 Å². The van der Waals surface area contributed by atoms with Crippen molar-refractivity contribution in [2.24, 2.45) is 11.7 Å². The summed E-state index contributed by atoms with van der Waals surface area (Å²) in [4.78, 5) is 17.4. The van der Waals surface area contributed by atoms with Gasteiger partial charge < -0.3 is 10.6 Å². The van der Waals surface area contributed by atoms with Crippen LogP contribution in [0.25, 0.3) is 0 Å². The van der Waals surface area contributed by atoms with Crippen LogP contribution in [0.15, 0.2) is 18.2 Å². The van der Waals surface area contributed by atoms with Gasteiger partial charge in [0.15, 0.2) is 0 Å². The largest absolute Gasteiger partial charge is 0.369 e. The lowest BCUT2D eigenvalue weighted by atomic mass is 9.96. The number of nitriles is 1. The van der Waals surface area contributed by atoms with E-state index in [9.17, 15) is 4.79 Å². The first-order valence-corrected chi connectivity index (χ1v) is 5.62. The molecule has 2 heterocycles. The van der Waals surface area contributed by atoms with Crippen LogP contribution in [0.1, 0.15) is 18.5 Å². The van der Waals surface area contributed by atoms with Gasteiger partial charge in [0.2, 0.25) is 5.91 Å². The first kappa shape index (κ1) is 11.4. The Balaban J connectivity index is 2.05. The predicted molar refractivity (Wildman–Crippen MR) is 63.1 cm³/mol. The molecule has 1 saturated heterocycles. The molecule has 1 aliphatic rings. The van der Waals surface area contributed by atoms with Crippen LogP contribution < -0.4 is 10.6 Å². The van der Waals surface area contributed by atoms with E-state index in [1.807, 2.05) is 18.2 Å².